The third kappa shape index (κ3) is 6.69. The van der Waals surface area contributed by atoms with Crippen LogP contribution in [0, 0.1) is 10.1 Å². The maximum absolute atomic E-state index is 12.8. The molecule has 1 aliphatic rings. The van der Waals surface area contributed by atoms with Crippen LogP contribution < -0.4 is 19.7 Å². The minimum absolute atomic E-state index is 0. The molecule has 0 atom stereocenters. The monoisotopic (exact) mass is 505 g/mol. The average molecular weight is 506 g/mol. The smallest absolute Gasteiger partial charge is 0.269 e. The standard InChI is InChI=1S/C18H23N5O6S2.ClH/c1-30(26,27)20-18-13-15(22-11-2-9-19-10-12-22)5-8-17(18)21-31(28,29)16-6-3-14(4-7-16)23(24)25;/h3-8,13,19-21H,2,9-12H2,1H3;1H. The van der Waals surface area contributed by atoms with Gasteiger partial charge in [0, 0.05) is 37.5 Å². The highest BCUT2D eigenvalue weighted by Gasteiger charge is 2.20. The molecular formula is C18H24ClN5O6S2. The minimum atomic E-state index is -4.11. The number of nitro benzene ring substituents is 1. The third-order valence-electron chi connectivity index (χ3n) is 4.61. The first-order chi connectivity index (χ1) is 14.5. The molecule has 3 N–H and O–H groups in total. The maximum Gasteiger partial charge on any atom is 0.269 e. The van der Waals surface area contributed by atoms with Crippen LogP contribution in [-0.4, -0.2) is 54.2 Å². The Bertz CT molecular complexity index is 1160. The van der Waals surface area contributed by atoms with Crippen LogP contribution in [0.1, 0.15) is 6.42 Å². The molecule has 2 aromatic rings. The topological polar surface area (TPSA) is 151 Å². The van der Waals surface area contributed by atoms with Crippen LogP contribution in [0.3, 0.4) is 0 Å². The van der Waals surface area contributed by atoms with Gasteiger partial charge in [0.2, 0.25) is 10.0 Å². The van der Waals surface area contributed by atoms with Crippen molar-refractivity contribution < 1.29 is 21.8 Å². The summed E-state index contributed by atoms with van der Waals surface area (Å²) < 4.78 is 53.9. The average Bonchev–Trinajstić information content (AvgIpc) is 2.97. The van der Waals surface area contributed by atoms with Gasteiger partial charge in [0.05, 0.1) is 27.4 Å². The second-order valence-electron chi connectivity index (χ2n) is 7.05. The minimum Gasteiger partial charge on any atom is -0.370 e. The van der Waals surface area contributed by atoms with Crippen molar-refractivity contribution in [2.24, 2.45) is 0 Å². The van der Waals surface area contributed by atoms with E-state index >= 15 is 0 Å². The summed E-state index contributed by atoms with van der Waals surface area (Å²) in [6, 6.07) is 9.18. The third-order valence-corrected chi connectivity index (χ3v) is 6.58. The molecule has 0 bridgehead atoms. The first kappa shape index (κ1) is 25.6. The summed E-state index contributed by atoms with van der Waals surface area (Å²) in [5, 5.41) is 14.1. The number of rotatable bonds is 7. The molecule has 1 fully saturated rings. The number of nitrogens with one attached hydrogen (secondary N) is 3. The molecule has 2 aromatic carbocycles. The zero-order valence-corrected chi connectivity index (χ0v) is 19.6. The lowest BCUT2D eigenvalue weighted by molar-refractivity contribution is -0.384. The number of nitrogens with zero attached hydrogens (tertiary/aromatic N) is 2. The zero-order chi connectivity index (χ0) is 22.6. The van der Waals surface area contributed by atoms with Crippen LogP contribution in [0.4, 0.5) is 22.7 Å². The van der Waals surface area contributed by atoms with E-state index in [9.17, 15) is 26.9 Å². The van der Waals surface area contributed by atoms with Gasteiger partial charge in [-0.2, -0.15) is 0 Å². The van der Waals surface area contributed by atoms with Gasteiger partial charge in [0.1, 0.15) is 0 Å². The lowest BCUT2D eigenvalue weighted by Crippen LogP contribution is -2.28. The van der Waals surface area contributed by atoms with Crippen molar-refractivity contribution in [1.29, 1.82) is 0 Å². The molecule has 0 unspecified atom stereocenters. The van der Waals surface area contributed by atoms with Gasteiger partial charge in [0.25, 0.3) is 15.7 Å². The highest BCUT2D eigenvalue weighted by molar-refractivity contribution is 7.93. The van der Waals surface area contributed by atoms with Crippen LogP contribution in [0.15, 0.2) is 47.4 Å². The Morgan fingerprint density at radius 2 is 1.66 bits per heavy atom. The van der Waals surface area contributed by atoms with Gasteiger partial charge in [-0.1, -0.05) is 0 Å². The Balaban J connectivity index is 0.00000363. The van der Waals surface area contributed by atoms with Gasteiger partial charge >= 0.3 is 0 Å². The quantitative estimate of drug-likeness (QED) is 0.381. The molecular weight excluding hydrogens is 482 g/mol. The molecule has 32 heavy (non-hydrogen) atoms. The van der Waals surface area contributed by atoms with Crippen LogP contribution in [-0.2, 0) is 20.0 Å². The van der Waals surface area contributed by atoms with Crippen molar-refractivity contribution in [3.05, 3.63) is 52.6 Å². The molecule has 1 aliphatic heterocycles. The SMILES string of the molecule is CS(=O)(=O)Nc1cc(N2CCCNCC2)ccc1NS(=O)(=O)c1ccc([N+](=O)[O-])cc1.Cl. The van der Waals surface area contributed by atoms with Gasteiger partial charge in [-0.3, -0.25) is 19.6 Å². The molecule has 1 heterocycles. The molecule has 0 radical (unpaired) electrons. The number of halogens is 1. The first-order valence-corrected chi connectivity index (χ1v) is 12.8. The van der Waals surface area contributed by atoms with Gasteiger partial charge in [-0.05, 0) is 43.3 Å². The molecule has 3 rings (SSSR count). The van der Waals surface area contributed by atoms with E-state index in [-0.39, 0.29) is 34.4 Å². The fourth-order valence-corrected chi connectivity index (χ4v) is 4.80. The highest BCUT2D eigenvalue weighted by atomic mass is 35.5. The molecule has 0 aromatic heterocycles. The summed E-state index contributed by atoms with van der Waals surface area (Å²) in [7, 11) is -7.79. The summed E-state index contributed by atoms with van der Waals surface area (Å²) in [6.07, 6.45) is 1.90. The fraction of sp³-hybridized carbons (Fsp3) is 0.333. The van der Waals surface area contributed by atoms with E-state index in [4.69, 9.17) is 0 Å². The summed E-state index contributed by atoms with van der Waals surface area (Å²) in [5.74, 6) is 0. The molecule has 11 nitrogen and oxygen atoms in total. The van der Waals surface area contributed by atoms with Crippen molar-refractivity contribution in [3.63, 3.8) is 0 Å². The number of hydrogen-bond donors (Lipinski definition) is 3. The number of non-ortho nitro benzene ring substituents is 1. The van der Waals surface area contributed by atoms with Crippen LogP contribution >= 0.6 is 12.4 Å². The summed E-state index contributed by atoms with van der Waals surface area (Å²) in [6.45, 7) is 3.17. The largest absolute Gasteiger partial charge is 0.370 e. The number of anilines is 3. The van der Waals surface area contributed by atoms with Crippen LogP contribution in [0.25, 0.3) is 0 Å². The Morgan fingerprint density at radius 1 is 0.969 bits per heavy atom. The van der Waals surface area contributed by atoms with E-state index in [0.29, 0.717) is 0 Å². The summed E-state index contributed by atoms with van der Waals surface area (Å²) >= 11 is 0. The second kappa shape index (κ2) is 10.3. The molecule has 0 saturated carbocycles. The van der Waals surface area contributed by atoms with E-state index in [1.165, 1.54) is 6.07 Å². The molecule has 0 spiro atoms. The summed E-state index contributed by atoms with van der Waals surface area (Å²) in [5.41, 5.74) is 0.644. The molecule has 0 amide bonds. The molecule has 0 aliphatic carbocycles. The fourth-order valence-electron chi connectivity index (χ4n) is 3.16. The summed E-state index contributed by atoms with van der Waals surface area (Å²) in [4.78, 5) is 12.0. The Morgan fingerprint density at radius 3 is 2.28 bits per heavy atom. The van der Waals surface area contributed by atoms with Crippen molar-refractivity contribution in [3.8, 4) is 0 Å². The maximum atomic E-state index is 12.8. The second-order valence-corrected chi connectivity index (χ2v) is 10.5. The van der Waals surface area contributed by atoms with E-state index in [0.717, 1.165) is 68.8 Å². The zero-order valence-electron chi connectivity index (χ0n) is 17.1. The van der Waals surface area contributed by atoms with E-state index in [2.05, 4.69) is 19.7 Å². The van der Waals surface area contributed by atoms with Crippen molar-refractivity contribution in [1.82, 2.24) is 5.32 Å². The molecule has 1 saturated heterocycles. The molecule has 14 heteroatoms. The Labute approximate surface area is 192 Å². The van der Waals surface area contributed by atoms with Gasteiger partial charge in [-0.15, -0.1) is 12.4 Å². The predicted octanol–water partition coefficient (Wildman–Crippen LogP) is 1.99. The van der Waals surface area contributed by atoms with E-state index in [1.54, 1.807) is 12.1 Å². The lowest BCUT2D eigenvalue weighted by atomic mass is 10.2. The van der Waals surface area contributed by atoms with Crippen molar-refractivity contribution in [2.45, 2.75) is 11.3 Å². The molecule has 176 valence electrons. The number of sulfonamides is 2. The first-order valence-electron chi connectivity index (χ1n) is 9.40. The Hall–Kier alpha value is -2.61. The normalized spacial score (nSPS) is 14.7. The lowest BCUT2D eigenvalue weighted by Gasteiger charge is -2.24. The number of hydrogen-bond acceptors (Lipinski definition) is 8. The van der Waals surface area contributed by atoms with Crippen LogP contribution in [0.2, 0.25) is 0 Å². The Kier molecular flexibility index (Phi) is 8.29. The highest BCUT2D eigenvalue weighted by Crippen LogP contribution is 2.31. The van der Waals surface area contributed by atoms with Crippen molar-refractivity contribution >= 4 is 55.2 Å². The van der Waals surface area contributed by atoms with Crippen LogP contribution in [0.5, 0.6) is 0 Å². The predicted molar refractivity (Wildman–Crippen MR) is 126 cm³/mol. The van der Waals surface area contributed by atoms with Gasteiger partial charge in [0.15, 0.2) is 0 Å². The number of nitro groups is 1. The number of benzene rings is 2. The van der Waals surface area contributed by atoms with Gasteiger partial charge < -0.3 is 10.2 Å². The van der Waals surface area contributed by atoms with E-state index < -0.39 is 25.0 Å². The van der Waals surface area contributed by atoms with Gasteiger partial charge in [-0.25, -0.2) is 16.8 Å². The van der Waals surface area contributed by atoms with Crippen molar-refractivity contribution in [2.75, 3.05) is 46.8 Å². The van der Waals surface area contributed by atoms with E-state index in [1.807, 2.05) is 0 Å².